The number of aromatic nitrogens is 2. The molecule has 33 heavy (non-hydrogen) atoms. The highest BCUT2D eigenvalue weighted by atomic mass is 16.5. The van der Waals surface area contributed by atoms with Crippen LogP contribution < -0.4 is 10.2 Å². The first-order valence-electron chi connectivity index (χ1n) is 11.6. The van der Waals surface area contributed by atoms with Crippen LogP contribution in [0.5, 0.6) is 0 Å². The van der Waals surface area contributed by atoms with Crippen LogP contribution >= 0.6 is 0 Å². The molecule has 0 bridgehead atoms. The Balaban J connectivity index is 1.36. The maximum Gasteiger partial charge on any atom is 0.253 e. The fraction of sp³-hybridized carbons (Fsp3) is 0.400. The second-order valence-electron chi connectivity index (χ2n) is 8.53. The van der Waals surface area contributed by atoms with Crippen LogP contribution in [-0.2, 0) is 20.7 Å². The Hall–Kier alpha value is -3.23. The van der Waals surface area contributed by atoms with Crippen molar-refractivity contribution in [3.8, 4) is 0 Å². The molecule has 172 valence electrons. The summed E-state index contributed by atoms with van der Waals surface area (Å²) in [4.78, 5) is 35.1. The van der Waals surface area contributed by atoms with Gasteiger partial charge in [-0.2, -0.15) is 0 Å². The molecule has 0 aliphatic carbocycles. The first-order chi connectivity index (χ1) is 16.1. The van der Waals surface area contributed by atoms with Gasteiger partial charge in [-0.1, -0.05) is 31.2 Å². The lowest BCUT2D eigenvalue weighted by atomic mass is 10.1. The molecule has 3 aromatic rings. The van der Waals surface area contributed by atoms with Gasteiger partial charge in [-0.15, -0.1) is 0 Å². The molecule has 3 heterocycles. The molecule has 0 spiro atoms. The van der Waals surface area contributed by atoms with Crippen molar-refractivity contribution in [3.05, 3.63) is 54.1 Å². The highest BCUT2D eigenvalue weighted by Gasteiger charge is 2.40. The summed E-state index contributed by atoms with van der Waals surface area (Å²) >= 11 is 0. The van der Waals surface area contributed by atoms with Gasteiger partial charge in [0.05, 0.1) is 30.7 Å². The van der Waals surface area contributed by atoms with Crippen LogP contribution in [0.3, 0.4) is 0 Å². The summed E-state index contributed by atoms with van der Waals surface area (Å²) in [6.45, 7) is 6.54. The summed E-state index contributed by atoms with van der Waals surface area (Å²) in [6, 6.07) is 15.0. The lowest BCUT2D eigenvalue weighted by Gasteiger charge is -2.28. The van der Waals surface area contributed by atoms with Gasteiger partial charge in [0, 0.05) is 31.9 Å². The van der Waals surface area contributed by atoms with Crippen molar-refractivity contribution in [2.24, 2.45) is 0 Å². The summed E-state index contributed by atoms with van der Waals surface area (Å²) in [6.07, 6.45) is 1.01. The molecule has 2 aromatic carbocycles. The van der Waals surface area contributed by atoms with Crippen molar-refractivity contribution < 1.29 is 14.3 Å². The zero-order valence-electron chi connectivity index (χ0n) is 18.9. The van der Waals surface area contributed by atoms with E-state index in [9.17, 15) is 9.59 Å². The van der Waals surface area contributed by atoms with E-state index >= 15 is 0 Å². The zero-order valence-corrected chi connectivity index (χ0v) is 18.9. The highest BCUT2D eigenvalue weighted by Crippen LogP contribution is 2.36. The molecular weight excluding hydrogens is 418 g/mol. The molecule has 2 aliphatic heterocycles. The topological polar surface area (TPSA) is 79.7 Å². The Kier molecular flexibility index (Phi) is 6.11. The summed E-state index contributed by atoms with van der Waals surface area (Å²) in [5.41, 5.74) is 3.66. The van der Waals surface area contributed by atoms with E-state index in [0.717, 1.165) is 42.8 Å². The normalized spacial score (nSPS) is 18.6. The smallest absolute Gasteiger partial charge is 0.253 e. The molecule has 1 atom stereocenters. The largest absolute Gasteiger partial charge is 0.379 e. The molecule has 0 saturated carbocycles. The number of hydrogen-bond acceptors (Lipinski definition) is 5. The first kappa shape index (κ1) is 21.6. The molecule has 2 aliphatic rings. The summed E-state index contributed by atoms with van der Waals surface area (Å²) < 4.78 is 7.36. The number of benzene rings is 2. The van der Waals surface area contributed by atoms with Crippen LogP contribution in [0.1, 0.15) is 24.9 Å². The van der Waals surface area contributed by atoms with E-state index in [0.29, 0.717) is 25.7 Å². The van der Waals surface area contributed by atoms with Crippen LogP contribution in [0.25, 0.3) is 11.0 Å². The Labute approximate surface area is 193 Å². The SMILES string of the molecule is CCc1ccc(NC(=O)C[C@@H]2C(=O)N(CCN3CCOCC3)c3nc4ccccc4n32)cc1. The Bertz CT molecular complexity index is 1150. The quantitative estimate of drug-likeness (QED) is 0.603. The van der Waals surface area contributed by atoms with Gasteiger partial charge in [-0.3, -0.25) is 24.0 Å². The number of nitrogens with zero attached hydrogens (tertiary/aromatic N) is 4. The number of hydrogen-bond donors (Lipinski definition) is 1. The van der Waals surface area contributed by atoms with E-state index in [1.807, 2.05) is 53.1 Å². The van der Waals surface area contributed by atoms with E-state index in [2.05, 4.69) is 17.1 Å². The first-order valence-corrected chi connectivity index (χ1v) is 11.6. The number of nitrogens with one attached hydrogen (secondary N) is 1. The van der Waals surface area contributed by atoms with Gasteiger partial charge >= 0.3 is 0 Å². The monoisotopic (exact) mass is 447 g/mol. The molecule has 5 rings (SSSR count). The minimum Gasteiger partial charge on any atom is -0.379 e. The molecule has 1 aromatic heterocycles. The van der Waals surface area contributed by atoms with E-state index < -0.39 is 6.04 Å². The average molecular weight is 448 g/mol. The number of amides is 2. The molecule has 0 radical (unpaired) electrons. The molecule has 0 unspecified atom stereocenters. The third-order valence-corrected chi connectivity index (χ3v) is 6.45. The van der Waals surface area contributed by atoms with Crippen molar-refractivity contribution in [2.45, 2.75) is 25.8 Å². The van der Waals surface area contributed by atoms with Crippen LogP contribution in [0, 0.1) is 0 Å². The predicted octanol–water partition coefficient (Wildman–Crippen LogP) is 2.85. The number of ether oxygens (including phenoxy) is 1. The lowest BCUT2D eigenvalue weighted by molar-refractivity contribution is -0.124. The minimum atomic E-state index is -0.605. The molecular formula is C25H29N5O3. The van der Waals surface area contributed by atoms with Crippen LogP contribution in [0.2, 0.25) is 0 Å². The summed E-state index contributed by atoms with van der Waals surface area (Å²) in [7, 11) is 0. The Morgan fingerprint density at radius 2 is 1.85 bits per heavy atom. The van der Waals surface area contributed by atoms with Gasteiger partial charge in [0.25, 0.3) is 5.91 Å². The molecule has 1 saturated heterocycles. The number of morpholine rings is 1. The summed E-state index contributed by atoms with van der Waals surface area (Å²) in [5.74, 6) is 0.365. The molecule has 8 heteroatoms. The van der Waals surface area contributed by atoms with Gasteiger partial charge in [-0.05, 0) is 36.2 Å². The van der Waals surface area contributed by atoms with Crippen molar-refractivity contribution in [1.29, 1.82) is 0 Å². The molecule has 1 fully saturated rings. The van der Waals surface area contributed by atoms with Gasteiger partial charge in [-0.25, -0.2) is 4.98 Å². The maximum atomic E-state index is 13.5. The number of imidazole rings is 1. The second-order valence-corrected chi connectivity index (χ2v) is 8.53. The number of anilines is 2. The standard InChI is InChI=1S/C25H29N5O3/c1-2-18-7-9-19(10-8-18)26-23(31)17-22-24(32)29(12-11-28-13-15-33-16-14-28)25-27-20-5-3-4-6-21(20)30(22)25/h3-10,22H,2,11-17H2,1H3,(H,26,31)/t22-/m1/s1. The highest BCUT2D eigenvalue weighted by molar-refractivity contribution is 6.05. The van der Waals surface area contributed by atoms with Gasteiger partial charge in [0.1, 0.15) is 6.04 Å². The fourth-order valence-corrected chi connectivity index (χ4v) is 4.58. The van der Waals surface area contributed by atoms with Crippen LogP contribution in [-0.4, -0.2) is 65.7 Å². The van der Waals surface area contributed by atoms with Crippen molar-refractivity contribution in [1.82, 2.24) is 14.5 Å². The van der Waals surface area contributed by atoms with Gasteiger partial charge < -0.3 is 10.1 Å². The number of rotatable bonds is 7. The third kappa shape index (κ3) is 4.36. The summed E-state index contributed by atoms with van der Waals surface area (Å²) in [5, 5.41) is 2.94. The van der Waals surface area contributed by atoms with Crippen molar-refractivity contribution in [2.75, 3.05) is 49.6 Å². The van der Waals surface area contributed by atoms with Crippen LogP contribution in [0.15, 0.2) is 48.5 Å². The lowest BCUT2D eigenvalue weighted by Crippen LogP contribution is -2.42. The average Bonchev–Trinajstić information content (AvgIpc) is 3.33. The fourth-order valence-electron chi connectivity index (χ4n) is 4.58. The number of carbonyl (C=O) groups excluding carboxylic acids is 2. The second kappa shape index (κ2) is 9.33. The van der Waals surface area contributed by atoms with Crippen LogP contribution in [0.4, 0.5) is 11.6 Å². The molecule has 8 nitrogen and oxygen atoms in total. The number of fused-ring (bicyclic) bond motifs is 3. The van der Waals surface area contributed by atoms with E-state index in [1.165, 1.54) is 5.56 Å². The number of para-hydroxylation sites is 2. The van der Waals surface area contributed by atoms with Gasteiger partial charge in [0.2, 0.25) is 11.9 Å². The number of carbonyl (C=O) groups is 2. The Morgan fingerprint density at radius 1 is 1.09 bits per heavy atom. The van der Waals surface area contributed by atoms with Gasteiger partial charge in [0.15, 0.2) is 0 Å². The van der Waals surface area contributed by atoms with E-state index in [4.69, 9.17) is 9.72 Å². The minimum absolute atomic E-state index is 0.0652. The van der Waals surface area contributed by atoms with E-state index in [1.54, 1.807) is 4.90 Å². The number of aryl methyl sites for hydroxylation is 1. The Morgan fingerprint density at radius 3 is 2.61 bits per heavy atom. The predicted molar refractivity (Wildman–Crippen MR) is 127 cm³/mol. The third-order valence-electron chi connectivity index (χ3n) is 6.45. The van der Waals surface area contributed by atoms with E-state index in [-0.39, 0.29) is 18.2 Å². The van der Waals surface area contributed by atoms with Crippen molar-refractivity contribution >= 4 is 34.5 Å². The zero-order chi connectivity index (χ0) is 22.8. The maximum absolute atomic E-state index is 13.5. The molecule has 2 amide bonds. The molecule has 1 N–H and O–H groups in total. The van der Waals surface area contributed by atoms with Crippen molar-refractivity contribution in [3.63, 3.8) is 0 Å².